The first kappa shape index (κ1) is 16.1. The van der Waals surface area contributed by atoms with Gasteiger partial charge in [0.1, 0.15) is 0 Å². The van der Waals surface area contributed by atoms with Crippen molar-refractivity contribution in [3.05, 3.63) is 24.3 Å². The van der Waals surface area contributed by atoms with Crippen LogP contribution in [0.5, 0.6) is 0 Å². The molecular weight excluding hydrogens is 268 g/mol. The molecule has 118 valence electrons. The first-order valence-corrected chi connectivity index (χ1v) is 7.73. The summed E-state index contributed by atoms with van der Waals surface area (Å²) < 4.78 is 16.4. The Balaban J connectivity index is 1.83. The molecule has 1 heterocycles. The Bertz CT molecular complexity index is 385. The van der Waals surface area contributed by atoms with Gasteiger partial charge >= 0.3 is 0 Å². The van der Waals surface area contributed by atoms with Gasteiger partial charge in [-0.2, -0.15) is 0 Å². The third kappa shape index (κ3) is 5.19. The van der Waals surface area contributed by atoms with Crippen LogP contribution in [0.2, 0.25) is 0 Å². The summed E-state index contributed by atoms with van der Waals surface area (Å²) in [6, 6.07) is 8.48. The predicted molar refractivity (Wildman–Crippen MR) is 85.0 cm³/mol. The van der Waals surface area contributed by atoms with Crippen LogP contribution in [0, 0.1) is 0 Å². The number of hydrogen-bond acceptors (Lipinski definition) is 5. The third-order valence-electron chi connectivity index (χ3n) is 3.42. The molecule has 0 saturated carbocycles. The molecule has 0 aromatic heterocycles. The SMILES string of the molecule is CCOC(CNc1ccc(N2CCOCC2)cc1)OCC. The number of nitrogens with one attached hydrogen (secondary N) is 1. The van der Waals surface area contributed by atoms with Crippen molar-refractivity contribution >= 4 is 11.4 Å². The van der Waals surface area contributed by atoms with Crippen molar-refractivity contribution in [2.75, 3.05) is 56.3 Å². The average molecular weight is 294 g/mol. The summed E-state index contributed by atoms with van der Waals surface area (Å²) in [6.45, 7) is 9.46. The zero-order valence-corrected chi connectivity index (χ0v) is 13.0. The number of morpholine rings is 1. The summed E-state index contributed by atoms with van der Waals surface area (Å²) in [5.74, 6) is 0. The van der Waals surface area contributed by atoms with Gasteiger partial charge in [0.25, 0.3) is 0 Å². The smallest absolute Gasteiger partial charge is 0.174 e. The Hall–Kier alpha value is -1.30. The molecule has 1 fully saturated rings. The van der Waals surface area contributed by atoms with Gasteiger partial charge in [0.05, 0.1) is 19.8 Å². The first-order valence-electron chi connectivity index (χ1n) is 7.73. The summed E-state index contributed by atoms with van der Waals surface area (Å²) in [5.41, 5.74) is 2.33. The van der Waals surface area contributed by atoms with Crippen molar-refractivity contribution < 1.29 is 14.2 Å². The molecule has 0 spiro atoms. The van der Waals surface area contributed by atoms with Gasteiger partial charge in [0.15, 0.2) is 6.29 Å². The summed E-state index contributed by atoms with van der Waals surface area (Å²) in [6.07, 6.45) is -0.195. The maximum absolute atomic E-state index is 5.52. The molecule has 0 bridgehead atoms. The molecule has 0 amide bonds. The molecule has 1 aromatic rings. The second-order valence-electron chi connectivity index (χ2n) is 4.87. The largest absolute Gasteiger partial charge is 0.380 e. The van der Waals surface area contributed by atoms with Gasteiger partial charge in [-0.15, -0.1) is 0 Å². The van der Waals surface area contributed by atoms with E-state index < -0.39 is 0 Å². The van der Waals surface area contributed by atoms with Gasteiger partial charge in [-0.3, -0.25) is 0 Å². The van der Waals surface area contributed by atoms with E-state index in [0.717, 1.165) is 32.0 Å². The fraction of sp³-hybridized carbons (Fsp3) is 0.625. The van der Waals surface area contributed by atoms with E-state index in [-0.39, 0.29) is 6.29 Å². The molecule has 1 N–H and O–H groups in total. The number of nitrogens with zero attached hydrogens (tertiary/aromatic N) is 1. The number of ether oxygens (including phenoxy) is 3. The van der Waals surface area contributed by atoms with Crippen LogP contribution in [0.15, 0.2) is 24.3 Å². The lowest BCUT2D eigenvalue weighted by atomic mass is 10.2. The standard InChI is InChI=1S/C16H26N2O3/c1-3-20-16(21-4-2)13-17-14-5-7-15(8-6-14)18-9-11-19-12-10-18/h5-8,16-17H,3-4,9-13H2,1-2H3. The van der Waals surface area contributed by atoms with Crippen molar-refractivity contribution in [3.8, 4) is 0 Å². The fourth-order valence-corrected chi connectivity index (χ4v) is 2.35. The quantitative estimate of drug-likeness (QED) is 0.745. The van der Waals surface area contributed by atoms with E-state index in [4.69, 9.17) is 14.2 Å². The van der Waals surface area contributed by atoms with E-state index in [2.05, 4.69) is 34.5 Å². The van der Waals surface area contributed by atoms with Gasteiger partial charge in [0, 0.05) is 37.7 Å². The Kier molecular flexibility index (Phi) is 6.79. The lowest BCUT2D eigenvalue weighted by Crippen LogP contribution is -2.36. The third-order valence-corrected chi connectivity index (χ3v) is 3.42. The zero-order chi connectivity index (χ0) is 14.9. The van der Waals surface area contributed by atoms with Crippen molar-refractivity contribution in [2.24, 2.45) is 0 Å². The zero-order valence-electron chi connectivity index (χ0n) is 13.0. The maximum Gasteiger partial charge on any atom is 0.174 e. The van der Waals surface area contributed by atoms with Crippen LogP contribution < -0.4 is 10.2 Å². The Labute approximate surface area is 127 Å². The first-order chi connectivity index (χ1) is 10.3. The maximum atomic E-state index is 5.52. The molecule has 0 unspecified atom stereocenters. The number of rotatable bonds is 8. The van der Waals surface area contributed by atoms with Gasteiger partial charge < -0.3 is 24.4 Å². The summed E-state index contributed by atoms with van der Waals surface area (Å²) in [7, 11) is 0. The van der Waals surface area contributed by atoms with Gasteiger partial charge in [-0.1, -0.05) is 0 Å². The van der Waals surface area contributed by atoms with Crippen LogP contribution in [-0.2, 0) is 14.2 Å². The molecule has 2 rings (SSSR count). The highest BCUT2D eigenvalue weighted by Crippen LogP contribution is 2.19. The predicted octanol–water partition coefficient (Wildman–Crippen LogP) is 2.33. The van der Waals surface area contributed by atoms with Crippen LogP contribution in [0.3, 0.4) is 0 Å². The number of benzene rings is 1. The molecule has 1 aliphatic rings. The monoisotopic (exact) mass is 294 g/mol. The summed E-state index contributed by atoms with van der Waals surface area (Å²) in [5, 5.41) is 3.35. The van der Waals surface area contributed by atoms with E-state index in [1.165, 1.54) is 5.69 Å². The minimum Gasteiger partial charge on any atom is -0.380 e. The van der Waals surface area contributed by atoms with E-state index in [1.54, 1.807) is 0 Å². The molecule has 1 aromatic carbocycles. The van der Waals surface area contributed by atoms with Crippen LogP contribution in [0.25, 0.3) is 0 Å². The second-order valence-corrected chi connectivity index (χ2v) is 4.87. The van der Waals surface area contributed by atoms with E-state index in [0.29, 0.717) is 19.8 Å². The lowest BCUT2D eigenvalue weighted by Gasteiger charge is -2.29. The van der Waals surface area contributed by atoms with Gasteiger partial charge in [-0.05, 0) is 38.1 Å². The highest BCUT2D eigenvalue weighted by Gasteiger charge is 2.11. The summed E-state index contributed by atoms with van der Waals surface area (Å²) in [4.78, 5) is 2.34. The fourth-order valence-electron chi connectivity index (χ4n) is 2.35. The van der Waals surface area contributed by atoms with Crippen LogP contribution in [0.4, 0.5) is 11.4 Å². The van der Waals surface area contributed by atoms with Crippen molar-refractivity contribution in [2.45, 2.75) is 20.1 Å². The van der Waals surface area contributed by atoms with Gasteiger partial charge in [-0.25, -0.2) is 0 Å². The molecule has 0 atom stereocenters. The van der Waals surface area contributed by atoms with Crippen LogP contribution >= 0.6 is 0 Å². The number of hydrogen-bond donors (Lipinski definition) is 1. The highest BCUT2D eigenvalue weighted by atomic mass is 16.7. The topological polar surface area (TPSA) is 43.0 Å². The Morgan fingerprint density at radius 2 is 1.71 bits per heavy atom. The average Bonchev–Trinajstić information content (AvgIpc) is 2.54. The van der Waals surface area contributed by atoms with Gasteiger partial charge in [0.2, 0.25) is 0 Å². The van der Waals surface area contributed by atoms with Crippen LogP contribution in [-0.4, -0.2) is 52.4 Å². The minimum absolute atomic E-state index is 0.195. The second kappa shape index (κ2) is 8.87. The Morgan fingerprint density at radius 3 is 2.29 bits per heavy atom. The van der Waals surface area contributed by atoms with Crippen molar-refractivity contribution in [1.29, 1.82) is 0 Å². The molecular formula is C16H26N2O3. The molecule has 21 heavy (non-hydrogen) atoms. The Morgan fingerprint density at radius 1 is 1.10 bits per heavy atom. The van der Waals surface area contributed by atoms with E-state index in [9.17, 15) is 0 Å². The summed E-state index contributed by atoms with van der Waals surface area (Å²) >= 11 is 0. The van der Waals surface area contributed by atoms with E-state index >= 15 is 0 Å². The molecule has 0 radical (unpaired) electrons. The lowest BCUT2D eigenvalue weighted by molar-refractivity contribution is -0.126. The number of anilines is 2. The normalized spacial score (nSPS) is 15.5. The highest BCUT2D eigenvalue weighted by molar-refractivity contribution is 5.55. The molecule has 5 nitrogen and oxygen atoms in total. The van der Waals surface area contributed by atoms with Crippen molar-refractivity contribution in [3.63, 3.8) is 0 Å². The van der Waals surface area contributed by atoms with Crippen molar-refractivity contribution in [1.82, 2.24) is 0 Å². The molecule has 1 aliphatic heterocycles. The molecule has 1 saturated heterocycles. The van der Waals surface area contributed by atoms with Crippen LogP contribution in [0.1, 0.15) is 13.8 Å². The minimum atomic E-state index is -0.195. The van der Waals surface area contributed by atoms with E-state index in [1.807, 2.05) is 13.8 Å². The molecule has 0 aliphatic carbocycles. The molecule has 5 heteroatoms.